The molecule has 2 aromatic carbocycles. The Bertz CT molecular complexity index is 803. The van der Waals surface area contributed by atoms with Crippen molar-refractivity contribution >= 4 is 12.0 Å². The number of para-hydroxylation sites is 1. The minimum atomic E-state index is -1.00. The molecule has 0 fully saturated rings. The van der Waals surface area contributed by atoms with Crippen molar-refractivity contribution in [1.82, 2.24) is 0 Å². The Hall–Kier alpha value is -2.95. The van der Waals surface area contributed by atoms with Crippen LogP contribution in [0.25, 0.3) is 6.08 Å². The standard InChI is InChI=1S/C22H26O5/c1-22(2,3)17-7-5-6-8-18(17)26-13-14-27-20-15-16(10-12-21(23)24)9-11-19(20)25-4/h5-12,15H,13-14H2,1-4H3,(H,23,24). The van der Waals surface area contributed by atoms with Crippen LogP contribution < -0.4 is 14.2 Å². The van der Waals surface area contributed by atoms with Crippen molar-refractivity contribution in [2.24, 2.45) is 0 Å². The van der Waals surface area contributed by atoms with Gasteiger partial charge in [0.05, 0.1) is 7.11 Å². The Balaban J connectivity index is 2.01. The zero-order chi connectivity index (χ0) is 19.9. The van der Waals surface area contributed by atoms with Gasteiger partial charge in [0.2, 0.25) is 0 Å². The summed E-state index contributed by atoms with van der Waals surface area (Å²) in [6, 6.07) is 13.2. The van der Waals surface area contributed by atoms with Gasteiger partial charge < -0.3 is 19.3 Å². The average Bonchev–Trinajstić information content (AvgIpc) is 2.63. The second-order valence-electron chi connectivity index (χ2n) is 7.02. The predicted molar refractivity (Wildman–Crippen MR) is 106 cm³/mol. The molecule has 5 heteroatoms. The smallest absolute Gasteiger partial charge is 0.328 e. The van der Waals surface area contributed by atoms with Gasteiger partial charge in [-0.2, -0.15) is 0 Å². The minimum absolute atomic E-state index is 0.00845. The van der Waals surface area contributed by atoms with E-state index in [4.69, 9.17) is 19.3 Å². The second kappa shape index (κ2) is 9.12. The van der Waals surface area contributed by atoms with Gasteiger partial charge in [0, 0.05) is 6.08 Å². The van der Waals surface area contributed by atoms with Crippen molar-refractivity contribution in [1.29, 1.82) is 0 Å². The molecule has 0 atom stereocenters. The van der Waals surface area contributed by atoms with E-state index in [0.717, 1.165) is 17.4 Å². The lowest BCUT2D eigenvalue weighted by Crippen LogP contribution is -2.16. The summed E-state index contributed by atoms with van der Waals surface area (Å²) >= 11 is 0. The largest absolute Gasteiger partial charge is 0.493 e. The monoisotopic (exact) mass is 370 g/mol. The molecule has 0 amide bonds. The number of carbonyl (C=O) groups is 1. The normalized spacial score (nSPS) is 11.4. The molecule has 0 aliphatic carbocycles. The van der Waals surface area contributed by atoms with E-state index in [1.165, 1.54) is 6.08 Å². The summed E-state index contributed by atoms with van der Waals surface area (Å²) in [5.74, 6) is 0.966. The topological polar surface area (TPSA) is 65.0 Å². The van der Waals surface area contributed by atoms with Crippen molar-refractivity contribution in [2.45, 2.75) is 26.2 Å². The molecule has 0 spiro atoms. The first-order chi connectivity index (χ1) is 12.8. The molecule has 0 bridgehead atoms. The third-order valence-electron chi connectivity index (χ3n) is 3.90. The lowest BCUT2D eigenvalue weighted by atomic mass is 9.86. The molecule has 0 aliphatic heterocycles. The Morgan fingerprint density at radius 1 is 1.00 bits per heavy atom. The first-order valence-electron chi connectivity index (χ1n) is 8.75. The highest BCUT2D eigenvalue weighted by molar-refractivity contribution is 5.85. The van der Waals surface area contributed by atoms with Crippen LogP contribution in [0.15, 0.2) is 48.5 Å². The van der Waals surface area contributed by atoms with Crippen molar-refractivity contribution in [3.8, 4) is 17.2 Å². The molecule has 1 N–H and O–H groups in total. The molecular formula is C22H26O5. The maximum atomic E-state index is 10.7. The number of hydrogen-bond acceptors (Lipinski definition) is 4. The highest BCUT2D eigenvalue weighted by Crippen LogP contribution is 2.31. The van der Waals surface area contributed by atoms with Crippen LogP contribution in [0, 0.1) is 0 Å². The summed E-state index contributed by atoms with van der Waals surface area (Å²) in [5.41, 5.74) is 1.85. The lowest BCUT2D eigenvalue weighted by molar-refractivity contribution is -0.131. The molecule has 0 saturated heterocycles. The molecular weight excluding hydrogens is 344 g/mol. The highest BCUT2D eigenvalue weighted by Gasteiger charge is 2.18. The van der Waals surface area contributed by atoms with Gasteiger partial charge in [0.15, 0.2) is 11.5 Å². The third kappa shape index (κ3) is 6.06. The summed E-state index contributed by atoms with van der Waals surface area (Å²) < 4.78 is 17.0. The average molecular weight is 370 g/mol. The summed E-state index contributed by atoms with van der Waals surface area (Å²) in [6.07, 6.45) is 2.59. The van der Waals surface area contributed by atoms with Crippen LogP contribution in [0.1, 0.15) is 31.9 Å². The number of carboxylic acid groups (broad SMARTS) is 1. The van der Waals surface area contributed by atoms with Crippen LogP contribution in [0.5, 0.6) is 17.2 Å². The lowest BCUT2D eigenvalue weighted by Gasteiger charge is -2.22. The van der Waals surface area contributed by atoms with Crippen molar-refractivity contribution in [2.75, 3.05) is 20.3 Å². The number of ether oxygens (including phenoxy) is 3. The van der Waals surface area contributed by atoms with Gasteiger partial charge in [-0.15, -0.1) is 0 Å². The Morgan fingerprint density at radius 3 is 2.30 bits per heavy atom. The van der Waals surface area contributed by atoms with Gasteiger partial charge >= 0.3 is 5.97 Å². The molecule has 0 unspecified atom stereocenters. The van der Waals surface area contributed by atoms with E-state index in [1.807, 2.05) is 18.2 Å². The van der Waals surface area contributed by atoms with Crippen LogP contribution in [0.2, 0.25) is 0 Å². The zero-order valence-corrected chi connectivity index (χ0v) is 16.2. The molecule has 0 radical (unpaired) electrons. The third-order valence-corrected chi connectivity index (χ3v) is 3.90. The van der Waals surface area contributed by atoms with Gasteiger partial charge in [-0.3, -0.25) is 0 Å². The summed E-state index contributed by atoms with van der Waals surface area (Å²) in [5, 5.41) is 8.75. The van der Waals surface area contributed by atoms with E-state index >= 15 is 0 Å². The fourth-order valence-electron chi connectivity index (χ4n) is 2.59. The molecule has 0 aliphatic rings. The molecule has 0 heterocycles. The predicted octanol–water partition coefficient (Wildman–Crippen LogP) is 4.55. The summed E-state index contributed by atoms with van der Waals surface area (Å²) in [7, 11) is 1.56. The highest BCUT2D eigenvalue weighted by atomic mass is 16.5. The molecule has 2 aromatic rings. The van der Waals surface area contributed by atoms with Gasteiger partial charge in [-0.05, 0) is 40.8 Å². The second-order valence-corrected chi connectivity index (χ2v) is 7.02. The van der Waals surface area contributed by atoms with E-state index in [-0.39, 0.29) is 5.41 Å². The van der Waals surface area contributed by atoms with Crippen LogP contribution in [0.3, 0.4) is 0 Å². The maximum absolute atomic E-state index is 10.7. The van der Waals surface area contributed by atoms with Gasteiger partial charge in [-0.25, -0.2) is 4.79 Å². The molecule has 0 aromatic heterocycles. The fraction of sp³-hybridized carbons (Fsp3) is 0.318. The Morgan fingerprint density at radius 2 is 1.67 bits per heavy atom. The van der Waals surface area contributed by atoms with Crippen LogP contribution in [0.4, 0.5) is 0 Å². The first kappa shape index (κ1) is 20.4. The Labute approximate surface area is 160 Å². The molecule has 5 nitrogen and oxygen atoms in total. The van der Waals surface area contributed by atoms with Crippen LogP contribution in [-0.4, -0.2) is 31.4 Å². The molecule has 27 heavy (non-hydrogen) atoms. The van der Waals surface area contributed by atoms with Crippen LogP contribution >= 0.6 is 0 Å². The molecule has 2 rings (SSSR count). The van der Waals surface area contributed by atoms with Crippen molar-refractivity contribution in [3.63, 3.8) is 0 Å². The van der Waals surface area contributed by atoms with Gasteiger partial charge in [0.25, 0.3) is 0 Å². The van der Waals surface area contributed by atoms with Crippen LogP contribution in [-0.2, 0) is 10.2 Å². The maximum Gasteiger partial charge on any atom is 0.328 e. The van der Waals surface area contributed by atoms with Gasteiger partial charge in [-0.1, -0.05) is 45.0 Å². The quantitative estimate of drug-likeness (QED) is 0.545. The number of aliphatic carboxylic acids is 1. The van der Waals surface area contributed by atoms with E-state index in [9.17, 15) is 4.79 Å². The Kier molecular flexibility index (Phi) is 6.88. The minimum Gasteiger partial charge on any atom is -0.493 e. The van der Waals surface area contributed by atoms with E-state index < -0.39 is 5.97 Å². The number of methoxy groups -OCH3 is 1. The number of hydrogen-bond donors (Lipinski definition) is 1. The van der Waals surface area contributed by atoms with Gasteiger partial charge in [0.1, 0.15) is 19.0 Å². The van der Waals surface area contributed by atoms with E-state index in [1.54, 1.807) is 25.3 Å². The summed E-state index contributed by atoms with van der Waals surface area (Å²) in [6.45, 7) is 7.15. The zero-order valence-electron chi connectivity index (χ0n) is 16.2. The van der Waals surface area contributed by atoms with E-state index in [2.05, 4.69) is 26.8 Å². The number of benzene rings is 2. The number of rotatable bonds is 8. The summed E-state index contributed by atoms with van der Waals surface area (Å²) in [4.78, 5) is 10.7. The van der Waals surface area contributed by atoms with Crippen molar-refractivity contribution < 1.29 is 24.1 Å². The van der Waals surface area contributed by atoms with Crippen molar-refractivity contribution in [3.05, 3.63) is 59.7 Å². The SMILES string of the molecule is COc1ccc(C=CC(=O)O)cc1OCCOc1ccccc1C(C)(C)C. The first-order valence-corrected chi connectivity index (χ1v) is 8.75. The number of carboxylic acids is 1. The molecule has 144 valence electrons. The fourth-order valence-corrected chi connectivity index (χ4v) is 2.59. The van der Waals surface area contributed by atoms with E-state index in [0.29, 0.717) is 30.3 Å². The molecule has 0 saturated carbocycles.